The number of methoxy groups -OCH3 is 1. The fourth-order valence-electron chi connectivity index (χ4n) is 1.99. The number of alkyl halides is 1. The highest BCUT2D eigenvalue weighted by molar-refractivity contribution is 9.09. The Hall–Kier alpha value is -1.06. The van der Waals surface area contributed by atoms with Gasteiger partial charge in [-0.1, -0.05) is 40.5 Å². The van der Waals surface area contributed by atoms with E-state index in [4.69, 9.17) is 16.3 Å². The van der Waals surface area contributed by atoms with Gasteiger partial charge in [-0.25, -0.2) is 0 Å². The molecule has 2 nitrogen and oxygen atoms in total. The number of benzene rings is 1. The summed E-state index contributed by atoms with van der Waals surface area (Å²) in [7, 11) is 1.66. The molecule has 0 aliphatic heterocycles. The minimum atomic E-state index is 0.0936. The van der Waals surface area contributed by atoms with Crippen LogP contribution < -0.4 is 4.74 Å². The van der Waals surface area contributed by atoms with Gasteiger partial charge in [0.1, 0.15) is 5.75 Å². The maximum absolute atomic E-state index is 6.08. The lowest BCUT2D eigenvalue weighted by molar-refractivity contribution is 0.408. The molecular weight excluding hydrogens is 326 g/mol. The van der Waals surface area contributed by atoms with Gasteiger partial charge in [0.15, 0.2) is 0 Å². The van der Waals surface area contributed by atoms with Crippen molar-refractivity contribution < 1.29 is 4.74 Å². The molecule has 1 aromatic heterocycles. The number of hydrogen-bond donors (Lipinski definition) is 0. The van der Waals surface area contributed by atoms with E-state index in [-0.39, 0.29) is 10.7 Å². The van der Waals surface area contributed by atoms with E-state index in [2.05, 4.69) is 27.8 Å². The molecule has 0 aliphatic carbocycles. The average molecular weight is 341 g/mol. The normalized spacial score (nSPS) is 13.9. The van der Waals surface area contributed by atoms with E-state index < -0.39 is 0 Å². The van der Waals surface area contributed by atoms with Crippen LogP contribution in [-0.4, -0.2) is 12.1 Å². The molecule has 4 heteroatoms. The zero-order chi connectivity index (χ0) is 13.8. The van der Waals surface area contributed by atoms with Gasteiger partial charge in [0.05, 0.1) is 11.9 Å². The maximum Gasteiger partial charge on any atom is 0.123 e. The minimum absolute atomic E-state index is 0.0936. The van der Waals surface area contributed by atoms with Gasteiger partial charge in [-0.2, -0.15) is 0 Å². The summed E-state index contributed by atoms with van der Waals surface area (Å²) >= 11 is 9.81. The molecule has 0 spiro atoms. The zero-order valence-electron chi connectivity index (χ0n) is 10.8. The predicted octanol–water partition coefficient (Wildman–Crippen LogP) is 4.98. The SMILES string of the molecule is COc1ccc(Cl)cc1C(Br)C(C)c1ccccn1. The number of hydrogen-bond acceptors (Lipinski definition) is 2. The summed E-state index contributed by atoms with van der Waals surface area (Å²) in [5.74, 6) is 1.04. The van der Waals surface area contributed by atoms with Crippen LogP contribution in [0.3, 0.4) is 0 Å². The average Bonchev–Trinajstić information content (AvgIpc) is 2.46. The standard InChI is InChI=1S/C15H15BrClNO/c1-10(13-5-3-4-8-18-13)15(16)12-9-11(17)6-7-14(12)19-2/h3-10,15H,1-2H3. The van der Waals surface area contributed by atoms with Crippen LogP contribution in [0.1, 0.15) is 28.9 Å². The number of nitrogens with zero attached hydrogens (tertiary/aromatic N) is 1. The Kier molecular flexibility index (Phi) is 4.83. The van der Waals surface area contributed by atoms with Gasteiger partial charge in [-0.15, -0.1) is 0 Å². The third kappa shape index (κ3) is 3.28. The third-order valence-corrected chi connectivity index (χ3v) is 4.60. The summed E-state index contributed by atoms with van der Waals surface area (Å²) in [6.45, 7) is 2.13. The van der Waals surface area contributed by atoms with Gasteiger partial charge in [0.2, 0.25) is 0 Å². The molecule has 2 aromatic rings. The Morgan fingerprint density at radius 3 is 2.68 bits per heavy atom. The van der Waals surface area contributed by atoms with E-state index in [1.54, 1.807) is 13.3 Å². The third-order valence-electron chi connectivity index (χ3n) is 3.08. The monoisotopic (exact) mass is 339 g/mol. The molecule has 0 amide bonds. The van der Waals surface area contributed by atoms with Gasteiger partial charge in [0, 0.05) is 28.4 Å². The van der Waals surface area contributed by atoms with Crippen LogP contribution in [0.5, 0.6) is 5.75 Å². The van der Waals surface area contributed by atoms with Crippen LogP contribution in [-0.2, 0) is 0 Å². The summed E-state index contributed by atoms with van der Waals surface area (Å²) in [6.07, 6.45) is 1.81. The molecule has 0 aliphatic rings. The van der Waals surface area contributed by atoms with E-state index >= 15 is 0 Å². The molecule has 2 rings (SSSR count). The number of aromatic nitrogens is 1. The molecule has 0 N–H and O–H groups in total. The quantitative estimate of drug-likeness (QED) is 0.732. The van der Waals surface area contributed by atoms with E-state index in [1.807, 2.05) is 36.4 Å². The van der Waals surface area contributed by atoms with Crippen molar-refractivity contribution >= 4 is 27.5 Å². The number of ether oxygens (including phenoxy) is 1. The second-order valence-electron chi connectivity index (χ2n) is 4.33. The summed E-state index contributed by atoms with van der Waals surface area (Å²) in [5.41, 5.74) is 2.07. The summed E-state index contributed by atoms with van der Waals surface area (Å²) in [6, 6.07) is 11.6. The van der Waals surface area contributed by atoms with Gasteiger partial charge in [0.25, 0.3) is 0 Å². The lowest BCUT2D eigenvalue weighted by Gasteiger charge is -2.20. The molecule has 19 heavy (non-hydrogen) atoms. The van der Waals surface area contributed by atoms with Crippen molar-refractivity contribution in [2.75, 3.05) is 7.11 Å². The fourth-order valence-corrected chi connectivity index (χ4v) is 2.79. The molecule has 100 valence electrons. The van der Waals surface area contributed by atoms with Crippen LogP contribution >= 0.6 is 27.5 Å². The lowest BCUT2D eigenvalue weighted by Crippen LogP contribution is -2.05. The second kappa shape index (κ2) is 6.40. The maximum atomic E-state index is 6.08. The molecule has 1 heterocycles. The number of halogens is 2. The highest BCUT2D eigenvalue weighted by atomic mass is 79.9. The smallest absolute Gasteiger partial charge is 0.123 e. The van der Waals surface area contributed by atoms with Crippen molar-refractivity contribution in [1.29, 1.82) is 0 Å². The molecule has 0 fully saturated rings. The molecule has 0 saturated carbocycles. The molecule has 1 aromatic carbocycles. The zero-order valence-corrected chi connectivity index (χ0v) is 13.1. The number of rotatable bonds is 4. The van der Waals surface area contributed by atoms with Crippen molar-refractivity contribution in [2.24, 2.45) is 0 Å². The summed E-state index contributed by atoms with van der Waals surface area (Å²) in [5, 5.41) is 0.702. The van der Waals surface area contributed by atoms with Crippen LogP contribution in [0, 0.1) is 0 Å². The Balaban J connectivity index is 2.33. The van der Waals surface area contributed by atoms with Crippen molar-refractivity contribution in [2.45, 2.75) is 17.7 Å². The Morgan fingerprint density at radius 1 is 1.26 bits per heavy atom. The second-order valence-corrected chi connectivity index (χ2v) is 5.75. The van der Waals surface area contributed by atoms with E-state index in [0.29, 0.717) is 5.02 Å². The first-order chi connectivity index (χ1) is 9.13. The highest BCUT2D eigenvalue weighted by Crippen LogP contribution is 2.41. The van der Waals surface area contributed by atoms with Crippen LogP contribution in [0.2, 0.25) is 5.02 Å². The molecule has 0 bridgehead atoms. The van der Waals surface area contributed by atoms with Crippen molar-refractivity contribution in [3.63, 3.8) is 0 Å². The first-order valence-electron chi connectivity index (χ1n) is 6.02. The molecule has 2 atom stereocenters. The predicted molar refractivity (Wildman–Crippen MR) is 82.3 cm³/mol. The summed E-state index contributed by atoms with van der Waals surface area (Å²) in [4.78, 5) is 4.49. The van der Waals surface area contributed by atoms with Crippen LogP contribution in [0.4, 0.5) is 0 Å². The first-order valence-corrected chi connectivity index (χ1v) is 7.31. The van der Waals surface area contributed by atoms with Gasteiger partial charge >= 0.3 is 0 Å². The van der Waals surface area contributed by atoms with Crippen LogP contribution in [0.15, 0.2) is 42.6 Å². The Bertz CT molecular complexity index is 547. The number of pyridine rings is 1. The summed E-state index contributed by atoms with van der Waals surface area (Å²) < 4.78 is 5.40. The van der Waals surface area contributed by atoms with Crippen molar-refractivity contribution in [3.05, 3.63) is 58.9 Å². The minimum Gasteiger partial charge on any atom is -0.496 e. The first kappa shape index (κ1) is 14.4. The van der Waals surface area contributed by atoms with Gasteiger partial charge in [-0.05, 0) is 30.3 Å². The lowest BCUT2D eigenvalue weighted by atomic mass is 9.96. The van der Waals surface area contributed by atoms with E-state index in [1.165, 1.54) is 0 Å². The topological polar surface area (TPSA) is 22.1 Å². The molecule has 0 radical (unpaired) electrons. The van der Waals surface area contributed by atoms with Gasteiger partial charge in [-0.3, -0.25) is 4.98 Å². The largest absolute Gasteiger partial charge is 0.496 e. The Morgan fingerprint density at radius 2 is 2.05 bits per heavy atom. The highest BCUT2D eigenvalue weighted by Gasteiger charge is 2.22. The fraction of sp³-hybridized carbons (Fsp3) is 0.267. The van der Waals surface area contributed by atoms with E-state index in [9.17, 15) is 0 Å². The Labute approximate surface area is 126 Å². The molecular formula is C15H15BrClNO. The van der Waals surface area contributed by atoms with Crippen LogP contribution in [0.25, 0.3) is 0 Å². The van der Waals surface area contributed by atoms with Crippen molar-refractivity contribution in [1.82, 2.24) is 4.98 Å². The molecule has 0 saturated heterocycles. The van der Waals surface area contributed by atoms with E-state index in [0.717, 1.165) is 17.0 Å². The van der Waals surface area contributed by atoms with Crippen molar-refractivity contribution in [3.8, 4) is 5.75 Å². The van der Waals surface area contributed by atoms with Gasteiger partial charge < -0.3 is 4.74 Å². The molecule has 2 unspecified atom stereocenters.